The number of nitrogens with two attached hydrogens (primary N) is 1. The molecule has 1 aromatic heterocycles. The van der Waals surface area contributed by atoms with Crippen molar-refractivity contribution >= 4 is 11.7 Å². The van der Waals surface area contributed by atoms with E-state index >= 15 is 0 Å². The molecule has 0 radical (unpaired) electrons. The van der Waals surface area contributed by atoms with Crippen molar-refractivity contribution < 1.29 is 9.18 Å². The number of hydrogen-bond acceptors (Lipinski definition) is 4. The third-order valence-corrected chi connectivity index (χ3v) is 3.27. The summed E-state index contributed by atoms with van der Waals surface area (Å²) in [6.45, 7) is 2.42. The number of pyridine rings is 1. The molecular formula is C13H19FN4O. The molecule has 1 unspecified atom stereocenters. The number of anilines is 1. The molecule has 0 aromatic carbocycles. The second-order valence-electron chi connectivity index (χ2n) is 4.70. The quantitative estimate of drug-likeness (QED) is 0.833. The van der Waals surface area contributed by atoms with E-state index in [1.807, 2.05) is 4.90 Å². The molecule has 1 aromatic rings. The van der Waals surface area contributed by atoms with Gasteiger partial charge in [-0.3, -0.25) is 4.79 Å². The summed E-state index contributed by atoms with van der Waals surface area (Å²) in [4.78, 5) is 18.0. The van der Waals surface area contributed by atoms with Gasteiger partial charge in [-0.05, 0) is 25.0 Å². The molecule has 5 nitrogen and oxygen atoms in total. The third-order valence-electron chi connectivity index (χ3n) is 3.27. The number of piperidine rings is 1. The highest BCUT2D eigenvalue weighted by molar-refractivity contribution is 5.79. The van der Waals surface area contributed by atoms with Crippen LogP contribution in [-0.4, -0.2) is 37.1 Å². The first-order chi connectivity index (χ1) is 9.20. The molecule has 0 bridgehead atoms. The van der Waals surface area contributed by atoms with Crippen LogP contribution in [0, 0.1) is 11.7 Å². The van der Waals surface area contributed by atoms with Gasteiger partial charge in [0.25, 0.3) is 0 Å². The fourth-order valence-electron chi connectivity index (χ4n) is 2.29. The molecule has 0 spiro atoms. The summed E-state index contributed by atoms with van der Waals surface area (Å²) in [6, 6.07) is 3.04. The molecule has 1 fully saturated rings. The van der Waals surface area contributed by atoms with Crippen LogP contribution in [-0.2, 0) is 4.79 Å². The van der Waals surface area contributed by atoms with E-state index in [1.165, 1.54) is 12.3 Å². The van der Waals surface area contributed by atoms with Crippen molar-refractivity contribution in [2.45, 2.75) is 12.8 Å². The van der Waals surface area contributed by atoms with E-state index in [1.54, 1.807) is 6.07 Å². The van der Waals surface area contributed by atoms with Crippen molar-refractivity contribution in [3.05, 3.63) is 24.1 Å². The van der Waals surface area contributed by atoms with Crippen LogP contribution >= 0.6 is 0 Å². The number of nitrogens with zero attached hydrogens (tertiary/aromatic N) is 2. The van der Waals surface area contributed by atoms with Crippen LogP contribution in [0.25, 0.3) is 0 Å². The Balaban J connectivity index is 1.96. The van der Waals surface area contributed by atoms with Gasteiger partial charge in [0.05, 0.1) is 12.1 Å². The highest BCUT2D eigenvalue weighted by atomic mass is 19.1. The minimum atomic E-state index is -0.349. The Morgan fingerprint density at radius 3 is 3.11 bits per heavy atom. The van der Waals surface area contributed by atoms with Gasteiger partial charge < -0.3 is 16.0 Å². The van der Waals surface area contributed by atoms with Crippen molar-refractivity contribution in [1.29, 1.82) is 0 Å². The Morgan fingerprint density at radius 1 is 1.58 bits per heavy atom. The molecule has 1 saturated heterocycles. The molecule has 19 heavy (non-hydrogen) atoms. The van der Waals surface area contributed by atoms with Crippen LogP contribution in [0.1, 0.15) is 12.8 Å². The Bertz CT molecular complexity index is 423. The zero-order chi connectivity index (χ0) is 13.7. The maximum atomic E-state index is 12.8. The van der Waals surface area contributed by atoms with Crippen molar-refractivity contribution in [3.63, 3.8) is 0 Å². The summed E-state index contributed by atoms with van der Waals surface area (Å²) < 4.78 is 12.8. The van der Waals surface area contributed by atoms with Crippen LogP contribution < -0.4 is 16.0 Å². The van der Waals surface area contributed by atoms with Gasteiger partial charge in [-0.15, -0.1) is 0 Å². The van der Waals surface area contributed by atoms with Gasteiger partial charge in [0.15, 0.2) is 0 Å². The first-order valence-corrected chi connectivity index (χ1v) is 6.55. The molecule has 3 N–H and O–H groups in total. The second-order valence-corrected chi connectivity index (χ2v) is 4.70. The zero-order valence-corrected chi connectivity index (χ0v) is 10.8. The van der Waals surface area contributed by atoms with Crippen molar-refractivity contribution in [1.82, 2.24) is 10.3 Å². The smallest absolute Gasteiger partial charge is 0.224 e. The summed E-state index contributed by atoms with van der Waals surface area (Å²) >= 11 is 0. The Kier molecular flexibility index (Phi) is 4.68. The number of nitrogens with one attached hydrogen (secondary N) is 1. The van der Waals surface area contributed by atoms with Crippen LogP contribution in [0.2, 0.25) is 0 Å². The Labute approximate surface area is 112 Å². The van der Waals surface area contributed by atoms with E-state index in [9.17, 15) is 9.18 Å². The molecule has 1 atom stereocenters. The number of carbonyl (C=O) groups excluding carboxylic acids is 1. The van der Waals surface area contributed by atoms with E-state index in [-0.39, 0.29) is 17.6 Å². The zero-order valence-electron chi connectivity index (χ0n) is 10.8. The maximum Gasteiger partial charge on any atom is 0.224 e. The number of amides is 1. The van der Waals surface area contributed by atoms with Crippen LogP contribution in [0.3, 0.4) is 0 Å². The summed E-state index contributed by atoms with van der Waals surface area (Å²) in [5, 5.41) is 2.81. The monoisotopic (exact) mass is 266 g/mol. The summed E-state index contributed by atoms with van der Waals surface area (Å²) in [5.41, 5.74) is 5.37. The normalized spacial score (nSPS) is 19.3. The Morgan fingerprint density at radius 2 is 2.42 bits per heavy atom. The third kappa shape index (κ3) is 3.64. The van der Waals surface area contributed by atoms with Crippen LogP contribution in [0.4, 0.5) is 10.2 Å². The molecule has 1 aliphatic heterocycles. The first kappa shape index (κ1) is 13.7. The molecule has 1 amide bonds. The van der Waals surface area contributed by atoms with Crippen LogP contribution in [0.5, 0.6) is 0 Å². The second kappa shape index (κ2) is 6.47. The van der Waals surface area contributed by atoms with E-state index in [2.05, 4.69) is 10.3 Å². The minimum absolute atomic E-state index is 0.0391. The molecule has 6 heteroatoms. The molecular weight excluding hydrogens is 247 g/mol. The predicted octanol–water partition coefficient (Wildman–Crippen LogP) is 0.512. The average molecular weight is 266 g/mol. The predicted molar refractivity (Wildman–Crippen MR) is 71.2 cm³/mol. The highest BCUT2D eigenvalue weighted by Crippen LogP contribution is 2.21. The lowest BCUT2D eigenvalue weighted by Gasteiger charge is -2.32. The lowest BCUT2D eigenvalue weighted by molar-refractivity contribution is -0.125. The van der Waals surface area contributed by atoms with E-state index < -0.39 is 0 Å². The molecule has 2 heterocycles. The van der Waals surface area contributed by atoms with Crippen molar-refractivity contribution in [2.24, 2.45) is 11.7 Å². The number of rotatable bonds is 4. The topological polar surface area (TPSA) is 71.2 Å². The highest BCUT2D eigenvalue weighted by Gasteiger charge is 2.26. The number of aromatic nitrogens is 1. The summed E-state index contributed by atoms with van der Waals surface area (Å²) in [5.74, 6) is 0.361. The number of halogens is 1. The molecule has 0 saturated carbocycles. The van der Waals surface area contributed by atoms with Gasteiger partial charge in [-0.25, -0.2) is 9.37 Å². The van der Waals surface area contributed by atoms with Crippen molar-refractivity contribution in [3.8, 4) is 0 Å². The lowest BCUT2D eigenvalue weighted by atomic mass is 9.97. The fraction of sp³-hybridized carbons (Fsp3) is 0.538. The van der Waals surface area contributed by atoms with E-state index in [0.29, 0.717) is 19.6 Å². The molecule has 1 aliphatic rings. The van der Waals surface area contributed by atoms with E-state index in [4.69, 9.17) is 5.73 Å². The lowest BCUT2D eigenvalue weighted by Crippen LogP contribution is -2.44. The van der Waals surface area contributed by atoms with Gasteiger partial charge in [-0.2, -0.15) is 0 Å². The molecule has 0 aliphatic carbocycles. The fourth-order valence-corrected chi connectivity index (χ4v) is 2.29. The first-order valence-electron chi connectivity index (χ1n) is 6.55. The average Bonchev–Trinajstić information content (AvgIpc) is 2.45. The van der Waals surface area contributed by atoms with Gasteiger partial charge >= 0.3 is 0 Å². The summed E-state index contributed by atoms with van der Waals surface area (Å²) in [6.07, 6.45) is 3.00. The van der Waals surface area contributed by atoms with E-state index in [0.717, 1.165) is 25.2 Å². The minimum Gasteiger partial charge on any atom is -0.356 e. The number of carbonyl (C=O) groups is 1. The molecule has 2 rings (SSSR count). The molecule has 104 valence electrons. The summed E-state index contributed by atoms with van der Waals surface area (Å²) in [7, 11) is 0. The maximum absolute atomic E-state index is 12.8. The van der Waals surface area contributed by atoms with Gasteiger partial charge in [0.2, 0.25) is 5.91 Å². The van der Waals surface area contributed by atoms with Gasteiger partial charge in [0.1, 0.15) is 11.6 Å². The van der Waals surface area contributed by atoms with Gasteiger partial charge in [0, 0.05) is 26.2 Å². The SMILES string of the molecule is NCCNC(=O)C1CCCN(c2ccc(F)cn2)C1. The largest absolute Gasteiger partial charge is 0.356 e. The van der Waals surface area contributed by atoms with Crippen molar-refractivity contribution in [2.75, 3.05) is 31.1 Å². The van der Waals surface area contributed by atoms with Gasteiger partial charge in [-0.1, -0.05) is 0 Å². The Hall–Kier alpha value is -1.69. The van der Waals surface area contributed by atoms with Crippen LogP contribution in [0.15, 0.2) is 18.3 Å². The number of hydrogen-bond donors (Lipinski definition) is 2. The standard InChI is InChI=1S/C13H19FN4O/c14-11-3-4-12(17-8-11)18-7-1-2-10(9-18)13(19)16-6-5-15/h3-4,8,10H,1-2,5-7,9,15H2,(H,16,19).